The molecule has 2 aromatic carbocycles. The van der Waals surface area contributed by atoms with E-state index in [1.54, 1.807) is 0 Å². The van der Waals surface area contributed by atoms with E-state index in [0.717, 1.165) is 29.5 Å². The summed E-state index contributed by atoms with van der Waals surface area (Å²) in [6.45, 7) is 2.12. The number of hydrogen-bond acceptors (Lipinski definition) is 2. The highest BCUT2D eigenvalue weighted by Crippen LogP contribution is 2.31. The first-order valence-electron chi connectivity index (χ1n) is 7.37. The van der Waals surface area contributed by atoms with E-state index in [2.05, 4.69) is 59.3 Å². The second-order valence-corrected chi connectivity index (χ2v) is 6.70. The van der Waals surface area contributed by atoms with Crippen LogP contribution in [-0.2, 0) is 12.8 Å². The number of halogens is 1. The van der Waals surface area contributed by atoms with Crippen molar-refractivity contribution in [1.82, 2.24) is 0 Å². The largest absolute Gasteiger partial charge is 0.490 e. The molecule has 3 rings (SSSR count). The molecule has 0 fully saturated rings. The summed E-state index contributed by atoms with van der Waals surface area (Å²) < 4.78 is 7.14. The van der Waals surface area contributed by atoms with Gasteiger partial charge in [0.25, 0.3) is 0 Å². The van der Waals surface area contributed by atoms with Crippen LogP contribution in [0.15, 0.2) is 46.9 Å². The lowest BCUT2D eigenvalue weighted by Gasteiger charge is -2.17. The average Bonchev–Trinajstić information content (AvgIpc) is 2.82. The number of ether oxygens (including phenoxy) is 1. The summed E-state index contributed by atoms with van der Waals surface area (Å²) in [7, 11) is 0. The number of hydrogen-bond donors (Lipinski definition) is 1. The van der Waals surface area contributed by atoms with Gasteiger partial charge < -0.3 is 10.5 Å². The van der Waals surface area contributed by atoms with Gasteiger partial charge in [0.2, 0.25) is 0 Å². The van der Waals surface area contributed by atoms with Gasteiger partial charge in [0.15, 0.2) is 0 Å². The molecule has 21 heavy (non-hydrogen) atoms. The summed E-state index contributed by atoms with van der Waals surface area (Å²) in [4.78, 5) is 0. The molecule has 1 aliphatic rings. The third-order valence-electron chi connectivity index (χ3n) is 3.96. The Balaban J connectivity index is 1.60. The van der Waals surface area contributed by atoms with Gasteiger partial charge in [0.1, 0.15) is 11.9 Å². The van der Waals surface area contributed by atoms with Crippen LogP contribution in [0.5, 0.6) is 5.75 Å². The van der Waals surface area contributed by atoms with Gasteiger partial charge in [-0.15, -0.1) is 0 Å². The molecule has 0 spiro atoms. The number of nitrogens with two attached hydrogens (primary N) is 1. The highest BCUT2D eigenvalue weighted by Gasteiger charge is 2.24. The summed E-state index contributed by atoms with van der Waals surface area (Å²) in [5, 5.41) is 0. The lowest BCUT2D eigenvalue weighted by Crippen LogP contribution is -2.30. The third-order valence-corrected chi connectivity index (χ3v) is 4.74. The smallest absolute Gasteiger partial charge is 0.123 e. The van der Waals surface area contributed by atoms with Crippen molar-refractivity contribution < 1.29 is 4.74 Å². The fourth-order valence-corrected chi connectivity index (χ4v) is 3.39. The first-order valence-corrected chi connectivity index (χ1v) is 8.16. The van der Waals surface area contributed by atoms with Crippen LogP contribution < -0.4 is 10.5 Å². The van der Waals surface area contributed by atoms with Crippen molar-refractivity contribution >= 4 is 15.9 Å². The van der Waals surface area contributed by atoms with E-state index >= 15 is 0 Å². The van der Waals surface area contributed by atoms with Crippen LogP contribution in [-0.4, -0.2) is 12.1 Å². The molecule has 1 aliphatic heterocycles. The zero-order chi connectivity index (χ0) is 14.8. The Morgan fingerprint density at radius 2 is 2.10 bits per heavy atom. The van der Waals surface area contributed by atoms with Crippen molar-refractivity contribution in [1.29, 1.82) is 0 Å². The van der Waals surface area contributed by atoms with Gasteiger partial charge >= 0.3 is 0 Å². The van der Waals surface area contributed by atoms with Gasteiger partial charge in [-0.2, -0.15) is 0 Å². The monoisotopic (exact) mass is 345 g/mol. The fraction of sp³-hybridized carbons (Fsp3) is 0.333. The minimum atomic E-state index is 0.115. The van der Waals surface area contributed by atoms with Gasteiger partial charge in [0.05, 0.1) is 0 Å². The maximum absolute atomic E-state index is 6.32. The van der Waals surface area contributed by atoms with E-state index in [0.29, 0.717) is 0 Å². The third kappa shape index (κ3) is 3.47. The van der Waals surface area contributed by atoms with E-state index in [1.165, 1.54) is 16.7 Å². The van der Waals surface area contributed by atoms with Gasteiger partial charge in [-0.1, -0.05) is 51.8 Å². The van der Waals surface area contributed by atoms with E-state index in [4.69, 9.17) is 10.5 Å². The normalized spacial score (nSPS) is 18.1. The van der Waals surface area contributed by atoms with Crippen molar-refractivity contribution in [2.24, 2.45) is 5.73 Å². The predicted octanol–water partition coefficient (Wildman–Crippen LogP) is 4.02. The van der Waals surface area contributed by atoms with Crippen molar-refractivity contribution in [3.05, 3.63) is 63.6 Å². The number of aryl methyl sites for hydroxylation is 1. The molecule has 3 heteroatoms. The summed E-state index contributed by atoms with van der Waals surface area (Å²) >= 11 is 3.58. The second-order valence-electron chi connectivity index (χ2n) is 5.85. The first kappa shape index (κ1) is 14.6. The summed E-state index contributed by atoms with van der Waals surface area (Å²) in [5.74, 6) is 1.03. The minimum Gasteiger partial charge on any atom is -0.490 e. The molecule has 1 heterocycles. The van der Waals surface area contributed by atoms with Gasteiger partial charge in [-0.25, -0.2) is 0 Å². The van der Waals surface area contributed by atoms with Crippen LogP contribution >= 0.6 is 15.9 Å². The van der Waals surface area contributed by atoms with Crippen LogP contribution in [0.1, 0.15) is 23.1 Å². The quantitative estimate of drug-likeness (QED) is 0.908. The molecule has 2 atom stereocenters. The van der Waals surface area contributed by atoms with Crippen LogP contribution in [0.2, 0.25) is 0 Å². The zero-order valence-electron chi connectivity index (χ0n) is 12.2. The van der Waals surface area contributed by atoms with Crippen LogP contribution in [0, 0.1) is 6.92 Å². The van der Waals surface area contributed by atoms with Crippen molar-refractivity contribution in [3.8, 4) is 5.75 Å². The van der Waals surface area contributed by atoms with E-state index in [-0.39, 0.29) is 12.1 Å². The lowest BCUT2D eigenvalue weighted by atomic mass is 9.98. The van der Waals surface area contributed by atoms with Crippen LogP contribution in [0.3, 0.4) is 0 Å². The first-order chi connectivity index (χ1) is 10.1. The molecule has 2 nitrogen and oxygen atoms in total. The van der Waals surface area contributed by atoms with Gasteiger partial charge in [0, 0.05) is 23.4 Å². The Bertz CT molecular complexity index is 641. The number of rotatable bonds is 4. The van der Waals surface area contributed by atoms with Crippen LogP contribution in [0.4, 0.5) is 0 Å². The molecule has 0 aliphatic carbocycles. The summed E-state index contributed by atoms with van der Waals surface area (Å²) in [6.07, 6.45) is 2.94. The molecular formula is C18H20BrNO. The fourth-order valence-electron chi connectivity index (χ4n) is 2.95. The topological polar surface area (TPSA) is 35.2 Å². The van der Waals surface area contributed by atoms with E-state index in [9.17, 15) is 0 Å². The highest BCUT2D eigenvalue weighted by atomic mass is 79.9. The molecule has 0 bridgehead atoms. The zero-order valence-corrected chi connectivity index (χ0v) is 13.8. The lowest BCUT2D eigenvalue weighted by molar-refractivity contribution is 0.210. The Hall–Kier alpha value is -1.32. The maximum Gasteiger partial charge on any atom is 0.123 e. The molecule has 2 N–H and O–H groups in total. The molecule has 0 saturated heterocycles. The average molecular weight is 346 g/mol. The van der Waals surface area contributed by atoms with Crippen molar-refractivity contribution in [2.45, 2.75) is 38.3 Å². The number of fused-ring (bicyclic) bond motifs is 1. The van der Waals surface area contributed by atoms with Crippen molar-refractivity contribution in [2.75, 3.05) is 0 Å². The standard InChI is InChI=1S/C18H20BrNO/c1-12-6-7-18-14(8-12)10-16(21-18)11-15(20)9-13-4-2-3-5-17(13)19/h2-8,15-16H,9-11,20H2,1H3. The number of benzene rings is 2. The van der Waals surface area contributed by atoms with Crippen molar-refractivity contribution in [3.63, 3.8) is 0 Å². The molecule has 0 amide bonds. The molecular weight excluding hydrogens is 326 g/mol. The Kier molecular flexibility index (Phi) is 4.32. The van der Waals surface area contributed by atoms with Gasteiger partial charge in [-0.3, -0.25) is 0 Å². The molecule has 2 unspecified atom stereocenters. The Morgan fingerprint density at radius 3 is 2.90 bits per heavy atom. The van der Waals surface area contributed by atoms with Gasteiger partial charge in [-0.05, 0) is 36.6 Å². The minimum absolute atomic E-state index is 0.115. The highest BCUT2D eigenvalue weighted by molar-refractivity contribution is 9.10. The summed E-state index contributed by atoms with van der Waals surface area (Å²) in [6, 6.07) is 14.8. The molecule has 110 valence electrons. The Morgan fingerprint density at radius 1 is 1.29 bits per heavy atom. The predicted molar refractivity (Wildman–Crippen MR) is 89.7 cm³/mol. The Labute approximate surface area is 134 Å². The molecule has 0 radical (unpaired) electrons. The maximum atomic E-state index is 6.32. The van der Waals surface area contributed by atoms with E-state index in [1.807, 2.05) is 6.07 Å². The SMILES string of the molecule is Cc1ccc2c(c1)CC(CC(N)Cc1ccccc1Br)O2. The van der Waals surface area contributed by atoms with Crippen LogP contribution in [0.25, 0.3) is 0 Å². The van der Waals surface area contributed by atoms with E-state index < -0.39 is 0 Å². The molecule has 0 aromatic heterocycles. The summed E-state index contributed by atoms with van der Waals surface area (Å²) in [5.41, 5.74) is 10.2. The molecule has 2 aromatic rings. The molecule has 0 saturated carbocycles. The second kappa shape index (κ2) is 6.20.